The molecule has 0 spiro atoms. The summed E-state index contributed by atoms with van der Waals surface area (Å²) in [6, 6.07) is 7.68. The summed E-state index contributed by atoms with van der Waals surface area (Å²) in [7, 11) is 0. The number of benzene rings is 2. The van der Waals surface area contributed by atoms with Gasteiger partial charge in [0.15, 0.2) is 11.5 Å². The molecule has 8 heteroatoms. The van der Waals surface area contributed by atoms with Crippen LogP contribution < -0.4 is 0 Å². The molecule has 6 nitrogen and oxygen atoms in total. The van der Waals surface area contributed by atoms with E-state index < -0.39 is 40.1 Å². The van der Waals surface area contributed by atoms with Gasteiger partial charge in [0.2, 0.25) is 23.0 Å². The summed E-state index contributed by atoms with van der Waals surface area (Å²) in [5.41, 5.74) is -0.545. The minimum absolute atomic E-state index is 0. The van der Waals surface area contributed by atoms with Crippen LogP contribution in [-0.4, -0.2) is 58.6 Å². The van der Waals surface area contributed by atoms with Gasteiger partial charge in [0.25, 0.3) is 0 Å². The molecule has 2 rings (SSSR count). The molecule has 2 aromatic rings. The molecule has 21 heavy (non-hydrogen) atoms. The van der Waals surface area contributed by atoms with Crippen LogP contribution >= 0.6 is 0 Å². The molecule has 0 aliphatic carbocycles. The van der Waals surface area contributed by atoms with Crippen LogP contribution in [0.15, 0.2) is 30.3 Å². The maximum atomic E-state index is 12.1. The minimum atomic E-state index is -1.10. The molecule has 115 valence electrons. The summed E-state index contributed by atoms with van der Waals surface area (Å²) in [5.74, 6) is -6.05. The van der Waals surface area contributed by atoms with Gasteiger partial charge in [-0.05, 0) is 0 Å². The summed E-state index contributed by atoms with van der Waals surface area (Å²) in [6.07, 6.45) is 0. The Labute approximate surface area is 150 Å². The van der Waals surface area contributed by atoms with Gasteiger partial charge in [-0.2, -0.15) is 0 Å². The Bertz CT molecular complexity index is 630. The van der Waals surface area contributed by atoms with Crippen molar-refractivity contribution in [1.29, 1.82) is 0 Å². The van der Waals surface area contributed by atoms with E-state index in [1.54, 1.807) is 18.2 Å². The SMILES string of the molecule is O=C(c1ccccc1)c1c(O)c(O)c(O)c(O)c1O.[Cu].[PbH2]. The van der Waals surface area contributed by atoms with E-state index >= 15 is 0 Å². The molecule has 0 bridgehead atoms. The Kier molecular flexibility index (Phi) is 7.01. The van der Waals surface area contributed by atoms with Gasteiger partial charge in [-0.3, -0.25) is 4.79 Å². The summed E-state index contributed by atoms with van der Waals surface area (Å²) in [4.78, 5) is 12.1. The number of phenols is 5. The van der Waals surface area contributed by atoms with Gasteiger partial charge in [-0.1, -0.05) is 30.3 Å². The molecule has 0 amide bonds. The van der Waals surface area contributed by atoms with E-state index in [1.807, 2.05) is 0 Å². The number of hydrogen-bond acceptors (Lipinski definition) is 6. The van der Waals surface area contributed by atoms with E-state index in [-0.39, 0.29) is 49.9 Å². The second kappa shape index (κ2) is 7.53. The van der Waals surface area contributed by atoms with Crippen LogP contribution in [-0.2, 0) is 17.1 Å². The number of aromatic hydroxyl groups is 5. The molecule has 0 unspecified atom stereocenters. The van der Waals surface area contributed by atoms with Crippen LogP contribution in [0.4, 0.5) is 0 Å². The summed E-state index contributed by atoms with van der Waals surface area (Å²) < 4.78 is 0. The number of carbonyl (C=O) groups excluding carboxylic acids is 1. The van der Waals surface area contributed by atoms with E-state index in [0.717, 1.165) is 0 Å². The first-order valence-electron chi connectivity index (χ1n) is 5.23. The van der Waals surface area contributed by atoms with Crippen molar-refractivity contribution < 1.29 is 47.4 Å². The van der Waals surface area contributed by atoms with Gasteiger partial charge in [0.1, 0.15) is 5.56 Å². The Morgan fingerprint density at radius 1 is 0.714 bits per heavy atom. The molecule has 0 atom stereocenters. The van der Waals surface area contributed by atoms with Crippen LogP contribution in [0.25, 0.3) is 0 Å². The molecule has 0 heterocycles. The average Bonchev–Trinajstić information content (AvgIpc) is 2.44. The fraction of sp³-hybridized carbons (Fsp3) is 0. The van der Waals surface area contributed by atoms with Crippen molar-refractivity contribution in [3.8, 4) is 28.7 Å². The average molecular weight is 535 g/mol. The quantitative estimate of drug-likeness (QED) is 0.166. The summed E-state index contributed by atoms with van der Waals surface area (Å²) in [6.45, 7) is 0. The Balaban J connectivity index is 0.00000200. The number of hydrogen-bond donors (Lipinski definition) is 5. The molecule has 3 radical (unpaired) electrons. The van der Waals surface area contributed by atoms with Crippen molar-refractivity contribution in [3.63, 3.8) is 0 Å². The Morgan fingerprint density at radius 2 is 1.10 bits per heavy atom. The van der Waals surface area contributed by atoms with Crippen molar-refractivity contribution in [2.24, 2.45) is 0 Å². The van der Waals surface area contributed by atoms with Crippen molar-refractivity contribution in [2.45, 2.75) is 0 Å². The maximum absolute atomic E-state index is 12.1. The van der Waals surface area contributed by atoms with Gasteiger partial charge in [0.05, 0.1) is 0 Å². The second-order valence-electron chi connectivity index (χ2n) is 3.81. The van der Waals surface area contributed by atoms with Crippen LogP contribution in [0.5, 0.6) is 28.7 Å². The molecule has 0 aliphatic heterocycles. The molecule has 0 aromatic heterocycles. The van der Waals surface area contributed by atoms with E-state index in [9.17, 15) is 30.3 Å². The van der Waals surface area contributed by atoms with Crippen LogP contribution in [0.1, 0.15) is 15.9 Å². The van der Waals surface area contributed by atoms with Gasteiger partial charge in [-0.15, -0.1) is 0 Å². The van der Waals surface area contributed by atoms with Gasteiger partial charge in [0, 0.05) is 22.6 Å². The summed E-state index contributed by atoms with van der Waals surface area (Å²) >= 11 is 0. The molecule has 0 aliphatic rings. The van der Waals surface area contributed by atoms with E-state index in [1.165, 1.54) is 12.1 Å². The third-order valence-electron chi connectivity index (χ3n) is 2.63. The first kappa shape index (κ1) is 19.6. The van der Waals surface area contributed by atoms with Gasteiger partial charge < -0.3 is 25.5 Å². The summed E-state index contributed by atoms with van der Waals surface area (Å²) in [5, 5.41) is 47.2. The normalized spacial score (nSPS) is 9.33. The predicted octanol–water partition coefficient (Wildman–Crippen LogP) is 0.527. The molecular weight excluding hydrogens is 523 g/mol. The predicted molar refractivity (Wildman–Crippen MR) is 73.2 cm³/mol. The third-order valence-corrected chi connectivity index (χ3v) is 2.63. The zero-order valence-electron chi connectivity index (χ0n) is 10.5. The monoisotopic (exact) mass is 535 g/mol. The third kappa shape index (κ3) is 3.42. The fourth-order valence-electron chi connectivity index (χ4n) is 1.63. The van der Waals surface area contributed by atoms with Crippen LogP contribution in [0.2, 0.25) is 0 Å². The zero-order valence-corrected chi connectivity index (χ0v) is 17.0. The van der Waals surface area contributed by atoms with Crippen molar-refractivity contribution in [3.05, 3.63) is 41.5 Å². The van der Waals surface area contributed by atoms with Gasteiger partial charge >= 0.3 is 27.3 Å². The van der Waals surface area contributed by atoms with Crippen molar-refractivity contribution >= 4 is 33.1 Å². The number of rotatable bonds is 2. The molecule has 0 saturated heterocycles. The van der Waals surface area contributed by atoms with Crippen LogP contribution in [0.3, 0.4) is 0 Å². The number of ketones is 1. The van der Waals surface area contributed by atoms with E-state index in [4.69, 9.17) is 0 Å². The van der Waals surface area contributed by atoms with Crippen molar-refractivity contribution in [2.75, 3.05) is 0 Å². The van der Waals surface area contributed by atoms with E-state index in [2.05, 4.69) is 0 Å². The standard InChI is InChI=1S/C13H10O6.Cu.Pb.2H/c14-8(6-4-2-1-3-5-6)7-9(15)11(17)13(19)12(18)10(7)16;;;;/h1-5,15-19H;;;;. The first-order valence-corrected chi connectivity index (χ1v) is 5.23. The number of carbonyl (C=O) groups is 1. The molecule has 2 aromatic carbocycles. The molecular formula is C13H12CuO6Pb. The fourth-order valence-corrected chi connectivity index (χ4v) is 1.63. The molecule has 5 N–H and O–H groups in total. The Hall–Kier alpha value is -1.45. The zero-order chi connectivity index (χ0) is 14.2. The molecule has 0 saturated carbocycles. The second-order valence-corrected chi connectivity index (χ2v) is 3.81. The van der Waals surface area contributed by atoms with Crippen molar-refractivity contribution in [1.82, 2.24) is 0 Å². The van der Waals surface area contributed by atoms with Gasteiger partial charge in [-0.25, -0.2) is 0 Å². The van der Waals surface area contributed by atoms with E-state index in [0.29, 0.717) is 0 Å². The topological polar surface area (TPSA) is 118 Å². The Morgan fingerprint density at radius 3 is 1.52 bits per heavy atom. The van der Waals surface area contributed by atoms with Crippen LogP contribution in [0, 0.1) is 0 Å². The number of phenolic OH excluding ortho intramolecular Hbond substituents is 5. The first-order chi connectivity index (χ1) is 8.95. The molecule has 0 fully saturated rings.